The van der Waals surface area contributed by atoms with Gasteiger partial charge in [-0.05, 0) is 24.7 Å². The van der Waals surface area contributed by atoms with Gasteiger partial charge in [-0.3, -0.25) is 0 Å². The molecule has 1 radical (unpaired) electrons. The van der Waals surface area contributed by atoms with Gasteiger partial charge < -0.3 is 5.11 Å². The molecule has 0 spiro atoms. The summed E-state index contributed by atoms with van der Waals surface area (Å²) in [6.07, 6.45) is 8.86. The second kappa shape index (κ2) is 4.56. The first kappa shape index (κ1) is 12.4. The molecule has 71 valence electrons. The van der Waals surface area contributed by atoms with Crippen molar-refractivity contribution in [3.05, 3.63) is 18.3 Å². The van der Waals surface area contributed by atoms with Crippen LogP contribution in [0.3, 0.4) is 0 Å². The molecule has 3 heteroatoms. The van der Waals surface area contributed by atoms with E-state index in [4.69, 9.17) is 5.11 Å². The van der Waals surface area contributed by atoms with Gasteiger partial charge in [0, 0.05) is 20.4 Å². The summed E-state index contributed by atoms with van der Waals surface area (Å²) in [4.78, 5) is 0. The first-order chi connectivity index (χ1) is 5.25. The van der Waals surface area contributed by atoms with Gasteiger partial charge in [0.25, 0.3) is 0 Å². The first-order valence-electron chi connectivity index (χ1n) is 4.45. The second-order valence-corrected chi connectivity index (χ2v) is 3.98. The summed E-state index contributed by atoms with van der Waals surface area (Å²) in [6.45, 7) is 1.82. The number of rotatable bonds is 2. The molecule has 1 saturated carbocycles. The minimum Gasteiger partial charge on any atom is -0.563 e. The van der Waals surface area contributed by atoms with E-state index in [1.807, 2.05) is 6.92 Å². The van der Waals surface area contributed by atoms with Crippen molar-refractivity contribution in [2.24, 2.45) is 17.8 Å². The number of aliphatic hydroxyl groups excluding tert-OH is 1. The monoisotopic (exact) mass is 605 g/mol. The summed E-state index contributed by atoms with van der Waals surface area (Å²) in [5.41, 5.74) is 0. The Morgan fingerprint density at radius 1 is 1.38 bits per heavy atom. The third-order valence-electron chi connectivity index (χ3n) is 2.97. The fraction of sp³-hybridized carbons (Fsp3) is 0.700. The molecule has 0 heterocycles. The maximum absolute atomic E-state index is 9.13. The molecule has 2 bridgehead atoms. The van der Waals surface area contributed by atoms with E-state index in [0.717, 1.165) is 24.2 Å². The standard InChI is InChI=1S/C10H15O.Re.Rf/c1-7(11)4-10-6-8-2-3-9(10)5-8;;/h2-3,8-11H,4-6H2,1H3;;/q-1;;. The van der Waals surface area contributed by atoms with Gasteiger partial charge in [-0.2, -0.15) is 13.3 Å². The van der Waals surface area contributed by atoms with Gasteiger partial charge in [0.1, 0.15) is 0 Å². The summed E-state index contributed by atoms with van der Waals surface area (Å²) >= 11 is 0. The van der Waals surface area contributed by atoms with Crippen molar-refractivity contribution in [3.8, 4) is 0 Å². The van der Waals surface area contributed by atoms with Crippen LogP contribution >= 0.6 is 0 Å². The van der Waals surface area contributed by atoms with Crippen LogP contribution in [0, 0.1) is 23.9 Å². The van der Waals surface area contributed by atoms with Crippen molar-refractivity contribution < 1.29 is 25.5 Å². The Morgan fingerprint density at radius 3 is 2.46 bits per heavy atom. The van der Waals surface area contributed by atoms with Gasteiger partial charge in [-0.15, -0.1) is 0 Å². The number of aliphatic hydroxyl groups is 1. The molecule has 1 N–H and O–H groups in total. The van der Waals surface area contributed by atoms with E-state index in [1.165, 1.54) is 12.8 Å². The van der Waals surface area contributed by atoms with Crippen molar-refractivity contribution in [1.82, 2.24) is 0 Å². The van der Waals surface area contributed by atoms with Crippen LogP contribution in [-0.2, 0) is 20.4 Å². The fourth-order valence-corrected chi connectivity index (χ4v) is 2.51. The normalized spacial score (nSPS) is 34.5. The summed E-state index contributed by atoms with van der Waals surface area (Å²) in [7, 11) is 0. The van der Waals surface area contributed by atoms with E-state index >= 15 is 0 Å². The van der Waals surface area contributed by atoms with Crippen LogP contribution in [0.1, 0.15) is 26.2 Å². The van der Waals surface area contributed by atoms with Gasteiger partial charge in [-0.1, -0.05) is 18.1 Å². The molecule has 0 aliphatic heterocycles. The topological polar surface area (TPSA) is 20.2 Å². The zero-order valence-corrected chi connectivity index (χ0v) is 17.2. The Hall–Kier alpha value is -0.638. The van der Waals surface area contributed by atoms with E-state index in [9.17, 15) is 0 Å². The Balaban J connectivity index is 0.000000720. The van der Waals surface area contributed by atoms with Crippen LogP contribution in [0.25, 0.3) is 0 Å². The third-order valence-corrected chi connectivity index (χ3v) is 2.97. The van der Waals surface area contributed by atoms with Crippen LogP contribution in [0.5, 0.6) is 0 Å². The molecule has 0 aromatic rings. The van der Waals surface area contributed by atoms with E-state index in [-0.39, 0.29) is 20.4 Å². The molecule has 0 amide bonds. The van der Waals surface area contributed by atoms with Gasteiger partial charge >= 0.3 is 0 Å². The predicted octanol–water partition coefficient (Wildman–Crippen LogP) is 2.51. The van der Waals surface area contributed by atoms with E-state index in [1.54, 1.807) is 0 Å². The van der Waals surface area contributed by atoms with E-state index < -0.39 is 0 Å². The molecular weight excluding hydrogens is 589 g/mol. The molecule has 1 nitrogen and oxygen atoms in total. The number of fused-ring (bicyclic) bond motifs is 2. The SMILES string of the molecule is C[C-](O)CC1CC2C=CC1C2.[Re].[Rf]. The van der Waals surface area contributed by atoms with Gasteiger partial charge in [-0.25, -0.2) is 6.10 Å². The van der Waals surface area contributed by atoms with Crippen molar-refractivity contribution in [2.45, 2.75) is 26.2 Å². The molecule has 2 aliphatic rings. The molecule has 1 fully saturated rings. The van der Waals surface area contributed by atoms with Crippen molar-refractivity contribution in [3.63, 3.8) is 0 Å². The summed E-state index contributed by atoms with van der Waals surface area (Å²) < 4.78 is 0. The Kier molecular flexibility index (Phi) is 4.33. The minimum absolute atomic E-state index is 0. The van der Waals surface area contributed by atoms with Crippen LogP contribution in [0.4, 0.5) is 0 Å². The third kappa shape index (κ3) is 2.40. The fourth-order valence-electron chi connectivity index (χ4n) is 2.51. The average Bonchev–Trinajstić information content (AvgIpc) is 2.45. The van der Waals surface area contributed by atoms with Crippen LogP contribution in [0.15, 0.2) is 12.2 Å². The molecule has 0 aromatic carbocycles. The summed E-state index contributed by atoms with van der Waals surface area (Å²) in [5, 5.41) is 9.13. The molecule has 2 rings (SSSR count). The number of hydrogen-bond acceptors (Lipinski definition) is 1. The van der Waals surface area contributed by atoms with Gasteiger partial charge in [0.15, 0.2) is 0 Å². The average molecular weight is 604 g/mol. The van der Waals surface area contributed by atoms with Crippen molar-refractivity contribution >= 4 is 0 Å². The van der Waals surface area contributed by atoms with E-state index in [2.05, 4.69) is 12.2 Å². The largest absolute Gasteiger partial charge is 0.563 e. The quantitative estimate of drug-likeness (QED) is 0.380. The molecule has 3 atom stereocenters. The van der Waals surface area contributed by atoms with Crippen LogP contribution in [0.2, 0.25) is 0 Å². The van der Waals surface area contributed by atoms with Crippen LogP contribution < -0.4 is 0 Å². The first-order valence-corrected chi connectivity index (χ1v) is 4.45. The summed E-state index contributed by atoms with van der Waals surface area (Å²) in [5.74, 6) is 2.36. The van der Waals surface area contributed by atoms with E-state index in [0.29, 0.717) is 6.10 Å². The van der Waals surface area contributed by atoms with Gasteiger partial charge in [0.2, 0.25) is 0 Å². The molecule has 0 saturated heterocycles. The zero-order chi connectivity index (χ0) is 7.84. The summed E-state index contributed by atoms with van der Waals surface area (Å²) in [6, 6.07) is 0. The Morgan fingerprint density at radius 2 is 2.08 bits per heavy atom. The number of allylic oxidation sites excluding steroid dienone is 2. The molecule has 2 aliphatic carbocycles. The van der Waals surface area contributed by atoms with Crippen molar-refractivity contribution in [1.29, 1.82) is 0 Å². The van der Waals surface area contributed by atoms with Gasteiger partial charge in [0.05, 0.1) is 0 Å². The zero-order valence-electron chi connectivity index (χ0n) is 8.04. The maximum Gasteiger partial charge on any atom is 0 e. The minimum atomic E-state index is 0. The second-order valence-electron chi connectivity index (χ2n) is 3.98. The van der Waals surface area contributed by atoms with Crippen LogP contribution in [-0.4, -0.2) is 5.11 Å². The predicted molar refractivity (Wildman–Crippen MR) is 44.3 cm³/mol. The Bertz CT molecular complexity index is 182. The molecule has 0 aromatic heterocycles. The number of hydrogen-bond donors (Lipinski definition) is 1. The van der Waals surface area contributed by atoms with Crippen molar-refractivity contribution in [2.75, 3.05) is 0 Å². The molecule has 3 unspecified atom stereocenters. The maximum atomic E-state index is 9.13. The molecular formula is C10H15OReRf-. The molecule has 13 heavy (non-hydrogen) atoms. The Labute approximate surface area is 87.9 Å². The smallest absolute Gasteiger partial charge is 0 e.